The largest absolute Gasteiger partial charge is 0.481 e. The quantitative estimate of drug-likeness (QED) is 0.109. The zero-order valence-corrected chi connectivity index (χ0v) is 43.0. The summed E-state index contributed by atoms with van der Waals surface area (Å²) in [5.41, 5.74) is 4.44. The van der Waals surface area contributed by atoms with Crippen molar-refractivity contribution < 1.29 is 60.4 Å². The number of ether oxygens (including phenoxy) is 3. The van der Waals surface area contributed by atoms with E-state index in [0.717, 1.165) is 62.5 Å². The predicted octanol–water partition coefficient (Wildman–Crippen LogP) is 13.1. The molecule has 406 valence electrons. The van der Waals surface area contributed by atoms with Crippen LogP contribution in [-0.2, 0) is 49.4 Å². The lowest BCUT2D eigenvalue weighted by Crippen LogP contribution is -2.24. The second kappa shape index (κ2) is 26.0. The first-order chi connectivity index (χ1) is 35.4. The fraction of sp³-hybridized carbons (Fsp3) is 0.600. The van der Waals surface area contributed by atoms with E-state index in [9.17, 15) is 35.9 Å². The highest BCUT2D eigenvalue weighted by Gasteiger charge is 2.42. The Bertz CT molecular complexity index is 2210. The highest BCUT2D eigenvalue weighted by Crippen LogP contribution is 2.47. The molecule has 0 radical (unpaired) electrons. The van der Waals surface area contributed by atoms with Gasteiger partial charge in [0.1, 0.15) is 0 Å². The van der Waals surface area contributed by atoms with Crippen molar-refractivity contribution in [3.8, 4) is 0 Å². The number of nitrogens with two attached hydrogens (primary N) is 1. The molecular formula is C60H77F6NO7. The Morgan fingerprint density at radius 3 is 1.18 bits per heavy atom. The van der Waals surface area contributed by atoms with Crippen molar-refractivity contribution >= 4 is 11.9 Å². The number of allylic oxidation sites excluding steroid dienone is 10. The van der Waals surface area contributed by atoms with Gasteiger partial charge in [-0.15, -0.1) is 0 Å². The first-order valence-electron chi connectivity index (χ1n) is 26.9. The van der Waals surface area contributed by atoms with E-state index in [2.05, 4.69) is 66.5 Å². The number of hydrogen-bond acceptors (Lipinski definition) is 7. The van der Waals surface area contributed by atoms with Crippen molar-refractivity contribution in [3.63, 3.8) is 0 Å². The standard InChI is InChI=1S/2C16H17F3O.C11H16O2.C8H10O2.C8H12O.CH5N/c2*17-16(18,19)15-3-1-2-12(8-15)9-20-10-14-7-11-4-5-13(14)6-11;1-7(2)13-11(12)10-6-8-3-4-9(10)5-8;9-8(10)7-4-5-1-2-6(7)3-5;9-5-8-4-6-1-2-7(8)3-6;1-2/h2*1-5,8,11,13-14H,6-7,9-10H2;3-4,7-10H,5-6H2,1-2H3;1-2,5-7H,3-4H2,(H,9,10);1-2,6-9H,3-5H2;2H2,1H3/t2*11?,13?,14-;;;6?,7?,8-;/m11..1./s1. The third kappa shape index (κ3) is 15.6. The Labute approximate surface area is 433 Å². The highest BCUT2D eigenvalue weighted by atomic mass is 19.4. The van der Waals surface area contributed by atoms with Crippen molar-refractivity contribution in [2.24, 2.45) is 94.5 Å². The number of aliphatic carboxylic acids is 1. The molecule has 8 nitrogen and oxygen atoms in total. The molecule has 10 aliphatic carbocycles. The number of carbonyl (C=O) groups excluding carboxylic acids is 1. The average molecular weight is 1040 g/mol. The number of fused-ring (bicyclic) bond motifs is 10. The molecule has 5 fully saturated rings. The van der Waals surface area contributed by atoms with Gasteiger partial charge in [0.15, 0.2) is 0 Å². The molecule has 5 saturated carbocycles. The molecule has 15 atom stereocenters. The van der Waals surface area contributed by atoms with E-state index >= 15 is 0 Å². The highest BCUT2D eigenvalue weighted by molar-refractivity contribution is 5.74. The van der Waals surface area contributed by atoms with Gasteiger partial charge in [0, 0.05) is 6.61 Å². The molecule has 0 amide bonds. The summed E-state index contributed by atoms with van der Waals surface area (Å²) in [5.74, 6) is 7.33. The fourth-order valence-corrected chi connectivity index (χ4v) is 13.0. The molecule has 0 heterocycles. The van der Waals surface area contributed by atoms with Crippen LogP contribution < -0.4 is 5.73 Å². The van der Waals surface area contributed by atoms with Crippen LogP contribution in [0.25, 0.3) is 0 Å². The van der Waals surface area contributed by atoms with Crippen LogP contribution in [0.4, 0.5) is 26.3 Å². The molecule has 12 rings (SSSR count). The van der Waals surface area contributed by atoms with E-state index in [1.165, 1.54) is 57.0 Å². The molecule has 2 aromatic rings. The molecule has 10 aliphatic rings. The lowest BCUT2D eigenvalue weighted by molar-refractivity contribution is -0.153. The molecule has 0 saturated heterocycles. The lowest BCUT2D eigenvalue weighted by Gasteiger charge is -2.18. The number of carboxylic acid groups (broad SMARTS) is 1. The zero-order valence-electron chi connectivity index (χ0n) is 43.0. The van der Waals surface area contributed by atoms with Gasteiger partial charge in [-0.3, -0.25) is 9.59 Å². The molecule has 14 heteroatoms. The molecule has 2 aromatic carbocycles. The maximum absolute atomic E-state index is 12.6. The van der Waals surface area contributed by atoms with E-state index < -0.39 is 29.4 Å². The van der Waals surface area contributed by atoms with Gasteiger partial charge >= 0.3 is 24.3 Å². The number of esters is 1. The number of alkyl halides is 6. The number of aliphatic hydroxyl groups excluding tert-OH is 1. The monoisotopic (exact) mass is 1040 g/mol. The minimum absolute atomic E-state index is 0.00634. The normalized spacial score (nSPS) is 33.1. The van der Waals surface area contributed by atoms with Gasteiger partial charge in [-0.2, -0.15) is 26.3 Å². The fourth-order valence-electron chi connectivity index (χ4n) is 13.0. The van der Waals surface area contributed by atoms with Gasteiger partial charge in [0.05, 0.1) is 55.5 Å². The maximum atomic E-state index is 12.6. The first-order valence-corrected chi connectivity index (χ1v) is 26.9. The van der Waals surface area contributed by atoms with E-state index in [0.29, 0.717) is 96.0 Å². The second-order valence-corrected chi connectivity index (χ2v) is 22.3. The third-order valence-corrected chi connectivity index (χ3v) is 16.7. The first kappa shape index (κ1) is 57.2. The SMILES string of the molecule is CC(C)OC(=O)C1CC2C=CC1C2.CN.FC(F)(F)c1cccc(COC[C@H]2CC3C=CC2C3)c1.FC(F)(F)c1cccc(COC[C@H]2CC3C=CC2C3)c1.O=C(O)C1CC2C=CC1C2.OC[C@H]1CC2C=CC1C2. The molecule has 0 aromatic heterocycles. The number of hydrogen-bond donors (Lipinski definition) is 3. The van der Waals surface area contributed by atoms with Crippen LogP contribution in [-0.4, -0.2) is 55.1 Å². The van der Waals surface area contributed by atoms with Crippen molar-refractivity contribution in [2.75, 3.05) is 26.9 Å². The van der Waals surface area contributed by atoms with Crippen molar-refractivity contribution in [1.29, 1.82) is 0 Å². The maximum Gasteiger partial charge on any atom is 0.416 e. The number of benzene rings is 2. The Morgan fingerprint density at radius 2 is 0.905 bits per heavy atom. The number of aliphatic hydroxyl groups is 1. The predicted molar refractivity (Wildman–Crippen MR) is 272 cm³/mol. The van der Waals surface area contributed by atoms with Gasteiger partial charge in [0.25, 0.3) is 0 Å². The van der Waals surface area contributed by atoms with Crippen LogP contribution in [0, 0.1) is 88.8 Å². The summed E-state index contributed by atoms with van der Waals surface area (Å²) in [6.07, 6.45) is 25.1. The lowest BCUT2D eigenvalue weighted by atomic mass is 9.94. The van der Waals surface area contributed by atoms with Crippen LogP contribution in [0.5, 0.6) is 0 Å². The molecule has 0 aliphatic heterocycles. The van der Waals surface area contributed by atoms with E-state index in [1.807, 2.05) is 13.8 Å². The van der Waals surface area contributed by atoms with Crippen LogP contribution in [0.15, 0.2) is 109 Å². The summed E-state index contributed by atoms with van der Waals surface area (Å²) in [4.78, 5) is 22.1. The molecule has 10 bridgehead atoms. The van der Waals surface area contributed by atoms with Gasteiger partial charge in [0.2, 0.25) is 0 Å². The van der Waals surface area contributed by atoms with Gasteiger partial charge in [-0.1, -0.05) is 85.0 Å². The Kier molecular flexibility index (Phi) is 20.1. The summed E-state index contributed by atoms with van der Waals surface area (Å²) in [5, 5.41) is 17.6. The van der Waals surface area contributed by atoms with E-state index in [-0.39, 0.29) is 37.1 Å². The van der Waals surface area contributed by atoms with Crippen LogP contribution in [0.2, 0.25) is 0 Å². The Morgan fingerprint density at radius 1 is 0.541 bits per heavy atom. The Balaban J connectivity index is 0.000000138. The molecule has 12 unspecified atom stereocenters. The summed E-state index contributed by atoms with van der Waals surface area (Å²) in [6, 6.07) is 10.7. The van der Waals surface area contributed by atoms with Crippen LogP contribution in [0.3, 0.4) is 0 Å². The van der Waals surface area contributed by atoms with Gasteiger partial charge in [-0.25, -0.2) is 0 Å². The van der Waals surface area contributed by atoms with Crippen molar-refractivity contribution in [1.82, 2.24) is 0 Å². The summed E-state index contributed by atoms with van der Waals surface area (Å²) >= 11 is 0. The van der Waals surface area contributed by atoms with Gasteiger partial charge in [-0.05, 0) is 197 Å². The number of halogens is 6. The molecule has 74 heavy (non-hydrogen) atoms. The topological polar surface area (TPSA) is 128 Å². The summed E-state index contributed by atoms with van der Waals surface area (Å²) in [6.45, 7) is 5.99. The molecule has 0 spiro atoms. The summed E-state index contributed by atoms with van der Waals surface area (Å²) < 4.78 is 92.0. The minimum atomic E-state index is -4.29. The Hall–Kier alpha value is -4.50. The zero-order chi connectivity index (χ0) is 53.2. The average Bonchev–Trinajstić information content (AvgIpc) is 4.24. The van der Waals surface area contributed by atoms with E-state index in [4.69, 9.17) is 24.4 Å². The number of rotatable bonds is 12. The summed E-state index contributed by atoms with van der Waals surface area (Å²) in [7, 11) is 1.50. The van der Waals surface area contributed by atoms with Crippen LogP contribution >= 0.6 is 0 Å². The molecule has 4 N–H and O–H groups in total. The van der Waals surface area contributed by atoms with Crippen molar-refractivity contribution in [2.45, 2.75) is 110 Å². The van der Waals surface area contributed by atoms with Gasteiger partial charge < -0.3 is 30.2 Å². The van der Waals surface area contributed by atoms with Crippen LogP contribution in [0.1, 0.15) is 100 Å². The minimum Gasteiger partial charge on any atom is -0.481 e. The second-order valence-electron chi connectivity index (χ2n) is 22.3. The van der Waals surface area contributed by atoms with Crippen molar-refractivity contribution in [3.05, 3.63) is 132 Å². The third-order valence-electron chi connectivity index (χ3n) is 16.7. The number of carbonyl (C=O) groups is 2. The smallest absolute Gasteiger partial charge is 0.416 e. The van der Waals surface area contributed by atoms with E-state index in [1.54, 1.807) is 12.1 Å². The molecular weight excluding hydrogens is 961 g/mol. The number of carboxylic acids is 1.